The summed E-state index contributed by atoms with van der Waals surface area (Å²) in [4.78, 5) is 12.0. The van der Waals surface area contributed by atoms with Crippen LogP contribution in [-0.2, 0) is 6.42 Å². The number of nitrogens with zero attached hydrogens (tertiary/aromatic N) is 1. The number of halogens is 2. The maximum atomic E-state index is 12.0. The summed E-state index contributed by atoms with van der Waals surface area (Å²) >= 11 is 11.8. The van der Waals surface area contributed by atoms with Crippen LogP contribution in [0, 0.1) is 13.8 Å². The predicted molar refractivity (Wildman–Crippen MR) is 80.6 cm³/mol. The first-order valence-electron chi connectivity index (χ1n) is 6.22. The SMILES string of the molecule is Cc1n[nH]c(C)c1CCNC(=O)c1ccc(Cl)cc1Cl. The van der Waals surface area contributed by atoms with Gasteiger partial charge in [0.2, 0.25) is 0 Å². The van der Waals surface area contributed by atoms with Crippen molar-refractivity contribution in [2.75, 3.05) is 6.54 Å². The van der Waals surface area contributed by atoms with Crippen molar-refractivity contribution in [2.45, 2.75) is 20.3 Å². The zero-order valence-corrected chi connectivity index (χ0v) is 12.8. The Labute approximate surface area is 127 Å². The normalized spacial score (nSPS) is 10.6. The van der Waals surface area contributed by atoms with Crippen LogP contribution in [0.3, 0.4) is 0 Å². The quantitative estimate of drug-likeness (QED) is 0.910. The number of aromatic amines is 1. The lowest BCUT2D eigenvalue weighted by molar-refractivity contribution is 0.0954. The van der Waals surface area contributed by atoms with E-state index in [4.69, 9.17) is 23.2 Å². The molecule has 0 saturated carbocycles. The maximum absolute atomic E-state index is 12.0. The van der Waals surface area contributed by atoms with Crippen molar-refractivity contribution in [3.05, 3.63) is 50.8 Å². The number of nitrogens with one attached hydrogen (secondary N) is 2. The van der Waals surface area contributed by atoms with E-state index in [1.54, 1.807) is 18.2 Å². The second kappa shape index (κ2) is 6.29. The Bertz CT molecular complexity index is 618. The molecule has 4 nitrogen and oxygen atoms in total. The summed E-state index contributed by atoms with van der Waals surface area (Å²) in [5.74, 6) is -0.203. The number of H-pyrrole nitrogens is 1. The Balaban J connectivity index is 1.96. The number of hydrogen-bond acceptors (Lipinski definition) is 2. The number of hydrogen-bond donors (Lipinski definition) is 2. The van der Waals surface area contributed by atoms with Crippen LogP contribution in [-0.4, -0.2) is 22.6 Å². The van der Waals surface area contributed by atoms with Gasteiger partial charge in [-0.1, -0.05) is 23.2 Å². The average Bonchev–Trinajstić information content (AvgIpc) is 2.70. The van der Waals surface area contributed by atoms with Crippen LogP contribution >= 0.6 is 23.2 Å². The molecule has 2 aromatic rings. The van der Waals surface area contributed by atoms with Gasteiger partial charge in [-0.15, -0.1) is 0 Å². The fraction of sp³-hybridized carbons (Fsp3) is 0.286. The first-order valence-corrected chi connectivity index (χ1v) is 6.98. The second-order valence-electron chi connectivity index (χ2n) is 4.54. The molecule has 0 radical (unpaired) electrons. The molecule has 0 aliphatic carbocycles. The monoisotopic (exact) mass is 311 g/mol. The van der Waals surface area contributed by atoms with Crippen molar-refractivity contribution in [1.29, 1.82) is 0 Å². The molecule has 1 aromatic heterocycles. The minimum atomic E-state index is -0.203. The van der Waals surface area contributed by atoms with Gasteiger partial charge in [-0.2, -0.15) is 5.10 Å². The van der Waals surface area contributed by atoms with Crippen molar-refractivity contribution in [2.24, 2.45) is 0 Å². The first kappa shape index (κ1) is 14.9. The molecule has 0 aliphatic rings. The Morgan fingerprint density at radius 2 is 2.10 bits per heavy atom. The standard InChI is InChI=1S/C14H15Cl2N3O/c1-8-11(9(2)19-18-8)5-6-17-14(20)12-4-3-10(15)7-13(12)16/h3-4,7H,5-6H2,1-2H3,(H,17,20)(H,18,19). The molecule has 2 N–H and O–H groups in total. The van der Waals surface area contributed by atoms with Gasteiger partial charge in [-0.25, -0.2) is 0 Å². The fourth-order valence-electron chi connectivity index (χ4n) is 2.01. The van der Waals surface area contributed by atoms with Gasteiger partial charge in [0.1, 0.15) is 0 Å². The molecule has 2 rings (SSSR count). The Morgan fingerprint density at radius 1 is 1.35 bits per heavy atom. The lowest BCUT2D eigenvalue weighted by atomic mass is 10.1. The van der Waals surface area contributed by atoms with E-state index in [1.807, 2.05) is 13.8 Å². The van der Waals surface area contributed by atoms with Crippen LogP contribution in [0.15, 0.2) is 18.2 Å². The summed E-state index contributed by atoms with van der Waals surface area (Å²) < 4.78 is 0. The van der Waals surface area contributed by atoms with Crippen LogP contribution in [0.2, 0.25) is 10.0 Å². The number of aryl methyl sites for hydroxylation is 2. The van der Waals surface area contributed by atoms with E-state index in [1.165, 1.54) is 0 Å². The summed E-state index contributed by atoms with van der Waals surface area (Å²) in [6, 6.07) is 4.82. The molecule has 0 unspecified atom stereocenters. The van der Waals surface area contributed by atoms with Crippen molar-refractivity contribution >= 4 is 29.1 Å². The highest BCUT2D eigenvalue weighted by Crippen LogP contribution is 2.20. The average molecular weight is 312 g/mol. The van der Waals surface area contributed by atoms with Crippen molar-refractivity contribution < 1.29 is 4.79 Å². The van der Waals surface area contributed by atoms with Crippen LogP contribution < -0.4 is 5.32 Å². The van der Waals surface area contributed by atoms with E-state index in [0.717, 1.165) is 23.4 Å². The number of carbonyl (C=O) groups is 1. The zero-order valence-electron chi connectivity index (χ0n) is 11.3. The number of benzene rings is 1. The van der Waals surface area contributed by atoms with Gasteiger partial charge in [0.15, 0.2) is 0 Å². The van der Waals surface area contributed by atoms with Crippen LogP contribution in [0.5, 0.6) is 0 Å². The van der Waals surface area contributed by atoms with Crippen molar-refractivity contribution in [3.8, 4) is 0 Å². The van der Waals surface area contributed by atoms with E-state index in [9.17, 15) is 4.79 Å². The zero-order chi connectivity index (χ0) is 14.7. The lowest BCUT2D eigenvalue weighted by Gasteiger charge is -2.07. The summed E-state index contributed by atoms with van der Waals surface area (Å²) in [6.45, 7) is 4.43. The highest BCUT2D eigenvalue weighted by Gasteiger charge is 2.11. The molecule has 0 bridgehead atoms. The predicted octanol–water partition coefficient (Wildman–Crippen LogP) is 3.31. The molecule has 0 fully saturated rings. The van der Waals surface area contributed by atoms with E-state index < -0.39 is 0 Å². The van der Waals surface area contributed by atoms with E-state index in [0.29, 0.717) is 22.2 Å². The molecule has 1 heterocycles. The molecule has 20 heavy (non-hydrogen) atoms. The van der Waals surface area contributed by atoms with Crippen LogP contribution in [0.4, 0.5) is 0 Å². The Kier molecular flexibility index (Phi) is 4.68. The summed E-state index contributed by atoms with van der Waals surface area (Å²) in [5, 5.41) is 10.8. The molecule has 6 heteroatoms. The van der Waals surface area contributed by atoms with Gasteiger partial charge in [-0.3, -0.25) is 9.89 Å². The van der Waals surface area contributed by atoms with E-state index in [-0.39, 0.29) is 5.91 Å². The number of amides is 1. The number of aromatic nitrogens is 2. The third-order valence-corrected chi connectivity index (χ3v) is 3.66. The minimum Gasteiger partial charge on any atom is -0.352 e. The van der Waals surface area contributed by atoms with Gasteiger partial charge in [-0.05, 0) is 44.0 Å². The molecule has 106 valence electrons. The van der Waals surface area contributed by atoms with Gasteiger partial charge in [0.05, 0.1) is 16.3 Å². The van der Waals surface area contributed by atoms with Crippen molar-refractivity contribution in [3.63, 3.8) is 0 Å². The van der Waals surface area contributed by atoms with Gasteiger partial charge in [0, 0.05) is 17.3 Å². The lowest BCUT2D eigenvalue weighted by Crippen LogP contribution is -2.26. The second-order valence-corrected chi connectivity index (χ2v) is 5.39. The molecular weight excluding hydrogens is 297 g/mol. The molecule has 0 spiro atoms. The molecule has 0 saturated heterocycles. The largest absolute Gasteiger partial charge is 0.352 e. The fourth-order valence-corrected chi connectivity index (χ4v) is 2.51. The smallest absolute Gasteiger partial charge is 0.252 e. The highest BCUT2D eigenvalue weighted by atomic mass is 35.5. The third-order valence-electron chi connectivity index (χ3n) is 3.12. The Hall–Kier alpha value is -1.52. The van der Waals surface area contributed by atoms with Gasteiger partial charge < -0.3 is 5.32 Å². The number of carbonyl (C=O) groups excluding carboxylic acids is 1. The van der Waals surface area contributed by atoms with Gasteiger partial charge in [0.25, 0.3) is 5.91 Å². The van der Waals surface area contributed by atoms with Gasteiger partial charge >= 0.3 is 0 Å². The van der Waals surface area contributed by atoms with E-state index in [2.05, 4.69) is 15.5 Å². The summed E-state index contributed by atoms with van der Waals surface area (Å²) in [7, 11) is 0. The van der Waals surface area contributed by atoms with Crippen LogP contribution in [0.1, 0.15) is 27.3 Å². The van der Waals surface area contributed by atoms with Crippen LogP contribution in [0.25, 0.3) is 0 Å². The maximum Gasteiger partial charge on any atom is 0.252 e. The topological polar surface area (TPSA) is 57.8 Å². The molecule has 0 aliphatic heterocycles. The van der Waals surface area contributed by atoms with E-state index >= 15 is 0 Å². The first-order chi connectivity index (χ1) is 9.49. The third kappa shape index (κ3) is 3.32. The molecule has 0 atom stereocenters. The number of rotatable bonds is 4. The minimum absolute atomic E-state index is 0.203. The summed E-state index contributed by atoms with van der Waals surface area (Å²) in [5.41, 5.74) is 3.55. The summed E-state index contributed by atoms with van der Waals surface area (Å²) in [6.07, 6.45) is 0.727. The Morgan fingerprint density at radius 3 is 2.70 bits per heavy atom. The molecule has 1 amide bonds. The highest BCUT2D eigenvalue weighted by molar-refractivity contribution is 6.36. The van der Waals surface area contributed by atoms with Crippen molar-refractivity contribution in [1.82, 2.24) is 15.5 Å². The molecule has 1 aromatic carbocycles. The molecular formula is C14H15Cl2N3O.